The van der Waals surface area contributed by atoms with Gasteiger partial charge in [-0.2, -0.15) is 0 Å². The number of nitrogens with zero attached hydrogens (tertiary/aromatic N) is 1. The summed E-state index contributed by atoms with van der Waals surface area (Å²) in [5.41, 5.74) is 2.36. The summed E-state index contributed by atoms with van der Waals surface area (Å²) in [4.78, 5) is 28.6. The Kier molecular flexibility index (Phi) is 6.57. The molecule has 0 fully saturated rings. The Hall–Kier alpha value is -3.41. The number of carbonyl (C=O) groups is 2. The van der Waals surface area contributed by atoms with Crippen molar-refractivity contribution >= 4 is 11.9 Å². The zero-order valence-corrected chi connectivity index (χ0v) is 15.6. The molecular formula is C22H22N2O4. The van der Waals surface area contributed by atoms with Gasteiger partial charge in [-0.1, -0.05) is 42.5 Å². The summed E-state index contributed by atoms with van der Waals surface area (Å²) < 4.78 is 10.4. The lowest BCUT2D eigenvalue weighted by molar-refractivity contribution is -0.147. The number of carbonyl (C=O) groups excluding carboxylic acids is 2. The third-order valence-electron chi connectivity index (χ3n) is 4.32. The van der Waals surface area contributed by atoms with Crippen LogP contribution in [0.2, 0.25) is 0 Å². The second kappa shape index (κ2) is 9.50. The molecule has 0 saturated carbocycles. The van der Waals surface area contributed by atoms with Crippen LogP contribution < -0.4 is 5.32 Å². The van der Waals surface area contributed by atoms with E-state index in [0.29, 0.717) is 24.4 Å². The smallest absolute Gasteiger partial charge is 0.311 e. The van der Waals surface area contributed by atoms with Crippen LogP contribution in [0.4, 0.5) is 0 Å². The molecule has 1 N–H and O–H groups in total. The summed E-state index contributed by atoms with van der Waals surface area (Å²) in [5, 5.41) is 2.84. The van der Waals surface area contributed by atoms with Crippen molar-refractivity contribution < 1.29 is 18.7 Å². The molecule has 1 unspecified atom stereocenters. The number of esters is 1. The van der Waals surface area contributed by atoms with E-state index in [9.17, 15) is 9.59 Å². The number of aromatic nitrogens is 1. The zero-order chi connectivity index (χ0) is 19.8. The molecule has 0 radical (unpaired) electrons. The predicted molar refractivity (Wildman–Crippen MR) is 105 cm³/mol. The molecule has 0 bridgehead atoms. The molecule has 6 nitrogen and oxygen atoms in total. The van der Waals surface area contributed by atoms with Gasteiger partial charge in [0.25, 0.3) is 5.91 Å². The molecule has 0 aliphatic carbocycles. The number of rotatable bonds is 8. The molecule has 2 aromatic carbocycles. The van der Waals surface area contributed by atoms with Gasteiger partial charge in [0, 0.05) is 17.7 Å². The molecule has 0 aliphatic rings. The number of benzene rings is 2. The van der Waals surface area contributed by atoms with Crippen molar-refractivity contribution in [3.63, 3.8) is 0 Å². The van der Waals surface area contributed by atoms with E-state index in [2.05, 4.69) is 10.3 Å². The van der Waals surface area contributed by atoms with Gasteiger partial charge < -0.3 is 14.5 Å². The highest BCUT2D eigenvalue weighted by molar-refractivity contribution is 5.94. The Balaban J connectivity index is 1.63. The second-order valence-electron chi connectivity index (χ2n) is 6.29. The van der Waals surface area contributed by atoms with Crippen LogP contribution in [0.1, 0.15) is 22.8 Å². The first-order valence-electron chi connectivity index (χ1n) is 9.15. The topological polar surface area (TPSA) is 81.4 Å². The summed E-state index contributed by atoms with van der Waals surface area (Å²) in [6.07, 6.45) is 3.48. The van der Waals surface area contributed by atoms with Crippen LogP contribution in [0.3, 0.4) is 0 Å². The lowest BCUT2D eigenvalue weighted by Gasteiger charge is -2.16. The molecule has 1 heterocycles. The van der Waals surface area contributed by atoms with Gasteiger partial charge in [-0.3, -0.25) is 9.59 Å². The first-order valence-corrected chi connectivity index (χ1v) is 9.15. The number of amides is 1. The molecule has 0 aliphatic heterocycles. The van der Waals surface area contributed by atoms with E-state index in [1.54, 1.807) is 37.4 Å². The van der Waals surface area contributed by atoms with Gasteiger partial charge in [-0.05, 0) is 31.0 Å². The minimum atomic E-state index is -0.445. The van der Waals surface area contributed by atoms with Crippen LogP contribution in [0.25, 0.3) is 11.3 Å². The quantitative estimate of drug-likeness (QED) is 0.607. The van der Waals surface area contributed by atoms with Gasteiger partial charge in [0.2, 0.25) is 0 Å². The predicted octanol–water partition coefficient (Wildman–Crippen LogP) is 3.49. The van der Waals surface area contributed by atoms with Crippen LogP contribution >= 0.6 is 0 Å². The monoisotopic (exact) mass is 378 g/mol. The molecule has 1 atom stereocenters. The van der Waals surface area contributed by atoms with E-state index >= 15 is 0 Å². The van der Waals surface area contributed by atoms with E-state index < -0.39 is 5.92 Å². The Bertz CT molecular complexity index is 890. The van der Waals surface area contributed by atoms with Gasteiger partial charge >= 0.3 is 5.97 Å². The van der Waals surface area contributed by atoms with Crippen molar-refractivity contribution in [1.82, 2.24) is 10.3 Å². The number of nitrogens with one attached hydrogen (secondary N) is 1. The van der Waals surface area contributed by atoms with E-state index in [-0.39, 0.29) is 18.4 Å². The molecule has 1 amide bonds. The van der Waals surface area contributed by atoms with Crippen molar-refractivity contribution in [2.45, 2.75) is 13.3 Å². The van der Waals surface area contributed by atoms with Crippen LogP contribution in [-0.4, -0.2) is 30.0 Å². The maximum atomic E-state index is 12.5. The fourth-order valence-electron chi connectivity index (χ4n) is 2.86. The minimum Gasteiger partial charge on any atom is -0.466 e. The molecule has 28 heavy (non-hydrogen) atoms. The molecule has 144 valence electrons. The summed E-state index contributed by atoms with van der Waals surface area (Å²) in [6, 6.07) is 16.7. The van der Waals surface area contributed by atoms with Crippen LogP contribution in [0.15, 0.2) is 71.6 Å². The van der Waals surface area contributed by atoms with Gasteiger partial charge in [0.15, 0.2) is 12.2 Å². The van der Waals surface area contributed by atoms with Crippen LogP contribution in [-0.2, 0) is 16.0 Å². The molecular weight excluding hydrogens is 356 g/mol. The molecule has 0 spiro atoms. The van der Waals surface area contributed by atoms with Crippen molar-refractivity contribution in [2.75, 3.05) is 13.2 Å². The van der Waals surface area contributed by atoms with E-state index in [0.717, 1.165) is 11.1 Å². The van der Waals surface area contributed by atoms with Gasteiger partial charge in [0.1, 0.15) is 0 Å². The van der Waals surface area contributed by atoms with Gasteiger partial charge in [-0.15, -0.1) is 0 Å². The SMILES string of the molecule is CCOC(=O)C(CNC(=O)c1ccc(-c2cnco2)cc1)Cc1ccccc1. The number of hydrogen-bond acceptors (Lipinski definition) is 5. The zero-order valence-electron chi connectivity index (χ0n) is 15.6. The Morgan fingerprint density at radius 3 is 2.50 bits per heavy atom. The largest absolute Gasteiger partial charge is 0.466 e. The van der Waals surface area contributed by atoms with Gasteiger partial charge in [0.05, 0.1) is 18.7 Å². The van der Waals surface area contributed by atoms with Gasteiger partial charge in [-0.25, -0.2) is 4.98 Å². The molecule has 0 saturated heterocycles. The fraction of sp³-hybridized carbons (Fsp3) is 0.227. The van der Waals surface area contributed by atoms with E-state index in [4.69, 9.17) is 9.15 Å². The first-order chi connectivity index (χ1) is 13.7. The molecule has 3 rings (SSSR count). The first kappa shape index (κ1) is 19.4. The van der Waals surface area contributed by atoms with Crippen LogP contribution in [0.5, 0.6) is 0 Å². The van der Waals surface area contributed by atoms with Crippen molar-refractivity contribution in [2.24, 2.45) is 5.92 Å². The van der Waals surface area contributed by atoms with Crippen molar-refractivity contribution in [3.05, 3.63) is 78.3 Å². The second-order valence-corrected chi connectivity index (χ2v) is 6.29. The summed E-state index contributed by atoms with van der Waals surface area (Å²) >= 11 is 0. The Morgan fingerprint density at radius 2 is 1.86 bits per heavy atom. The summed E-state index contributed by atoms with van der Waals surface area (Å²) in [7, 11) is 0. The minimum absolute atomic E-state index is 0.205. The van der Waals surface area contributed by atoms with Crippen LogP contribution in [0, 0.1) is 5.92 Å². The van der Waals surface area contributed by atoms with E-state index in [1.165, 1.54) is 6.39 Å². The lowest BCUT2D eigenvalue weighted by Crippen LogP contribution is -2.35. The maximum Gasteiger partial charge on any atom is 0.311 e. The number of hydrogen-bond donors (Lipinski definition) is 1. The van der Waals surface area contributed by atoms with Crippen molar-refractivity contribution in [3.8, 4) is 11.3 Å². The number of oxazole rings is 1. The molecule has 6 heteroatoms. The fourth-order valence-corrected chi connectivity index (χ4v) is 2.86. The third kappa shape index (κ3) is 5.07. The highest BCUT2D eigenvalue weighted by Gasteiger charge is 2.21. The Labute approximate surface area is 163 Å². The molecule has 3 aromatic rings. The third-order valence-corrected chi connectivity index (χ3v) is 4.32. The maximum absolute atomic E-state index is 12.5. The van der Waals surface area contributed by atoms with Crippen molar-refractivity contribution in [1.29, 1.82) is 0 Å². The highest BCUT2D eigenvalue weighted by atomic mass is 16.5. The summed E-state index contributed by atoms with van der Waals surface area (Å²) in [6.45, 7) is 2.28. The lowest BCUT2D eigenvalue weighted by atomic mass is 9.99. The Morgan fingerprint density at radius 1 is 1.11 bits per heavy atom. The average Bonchev–Trinajstić information content (AvgIpc) is 3.27. The standard InChI is InChI=1S/C22H22N2O4/c1-2-27-22(26)19(12-16-6-4-3-5-7-16)13-24-21(25)18-10-8-17(9-11-18)20-14-23-15-28-20/h3-11,14-15,19H,2,12-13H2,1H3,(H,24,25). The summed E-state index contributed by atoms with van der Waals surface area (Å²) in [5.74, 6) is -0.365. The normalized spacial score (nSPS) is 11.6. The molecule has 1 aromatic heterocycles. The highest BCUT2D eigenvalue weighted by Crippen LogP contribution is 2.19. The average molecular weight is 378 g/mol. The van der Waals surface area contributed by atoms with E-state index in [1.807, 2.05) is 30.3 Å². The number of ether oxygens (including phenoxy) is 1.